The Morgan fingerprint density at radius 1 is 1.44 bits per heavy atom. The maximum atomic E-state index is 13.8. The van der Waals surface area contributed by atoms with Crippen LogP contribution in [0.15, 0.2) is 16.7 Å². The molecule has 0 bridgehead atoms. The molecular formula is C17H22FN3O3S. The zero-order chi connectivity index (χ0) is 18.4. The number of likely N-dealkylation sites (tertiary alicyclic amines) is 1. The van der Waals surface area contributed by atoms with E-state index in [0.717, 1.165) is 5.69 Å². The minimum absolute atomic E-state index is 0.382. The molecule has 1 N–H and O–H groups in total. The second-order valence-electron chi connectivity index (χ2n) is 7.68. The number of carbonyl (C=O) groups is 1. The molecular weight excluding hydrogens is 345 g/mol. The van der Waals surface area contributed by atoms with Crippen LogP contribution in [0.5, 0.6) is 0 Å². The van der Waals surface area contributed by atoms with Gasteiger partial charge in [-0.1, -0.05) is 4.40 Å². The SMILES string of the molecule is CC(C)(C)[S@@+]([O-])/N=C1\c2cc(F)cnc2CC12CCN(C(=O)O)CC2. The van der Waals surface area contributed by atoms with E-state index < -0.39 is 33.4 Å². The predicted octanol–water partition coefficient (Wildman–Crippen LogP) is 2.79. The third kappa shape index (κ3) is 3.37. The van der Waals surface area contributed by atoms with Crippen LogP contribution in [0.3, 0.4) is 0 Å². The molecule has 136 valence electrons. The Hall–Kier alpha value is -1.67. The van der Waals surface area contributed by atoms with Crippen molar-refractivity contribution in [1.82, 2.24) is 9.88 Å². The highest BCUT2D eigenvalue weighted by molar-refractivity contribution is 7.91. The molecule has 25 heavy (non-hydrogen) atoms. The molecule has 1 spiro atoms. The van der Waals surface area contributed by atoms with Gasteiger partial charge in [-0.25, -0.2) is 9.18 Å². The van der Waals surface area contributed by atoms with Gasteiger partial charge >= 0.3 is 6.09 Å². The second kappa shape index (κ2) is 6.25. The van der Waals surface area contributed by atoms with Gasteiger partial charge in [0.2, 0.25) is 0 Å². The number of hydrogen-bond acceptors (Lipinski definition) is 4. The summed E-state index contributed by atoms with van der Waals surface area (Å²) in [6.45, 7) is 6.28. The molecule has 1 aromatic rings. The molecule has 1 aromatic heterocycles. The van der Waals surface area contributed by atoms with Crippen LogP contribution in [-0.4, -0.2) is 49.2 Å². The average Bonchev–Trinajstić information content (AvgIpc) is 2.80. The van der Waals surface area contributed by atoms with Crippen LogP contribution in [0, 0.1) is 11.2 Å². The van der Waals surface area contributed by atoms with E-state index in [1.165, 1.54) is 17.2 Å². The third-order valence-corrected chi connectivity index (χ3v) is 6.29. The maximum absolute atomic E-state index is 13.8. The summed E-state index contributed by atoms with van der Waals surface area (Å²) >= 11 is -1.48. The smallest absolute Gasteiger partial charge is 0.407 e. The van der Waals surface area contributed by atoms with E-state index in [0.29, 0.717) is 43.6 Å². The van der Waals surface area contributed by atoms with Crippen LogP contribution >= 0.6 is 0 Å². The zero-order valence-electron chi connectivity index (χ0n) is 14.6. The van der Waals surface area contributed by atoms with Crippen LogP contribution in [0.1, 0.15) is 44.9 Å². The van der Waals surface area contributed by atoms with Gasteiger partial charge in [-0.05, 0) is 39.7 Å². The molecule has 1 fully saturated rings. The van der Waals surface area contributed by atoms with Crippen molar-refractivity contribution in [2.75, 3.05) is 13.1 Å². The fourth-order valence-corrected chi connectivity index (χ4v) is 4.14. The number of amides is 1. The highest BCUT2D eigenvalue weighted by atomic mass is 32.2. The fraction of sp³-hybridized carbons (Fsp3) is 0.588. The lowest BCUT2D eigenvalue weighted by atomic mass is 9.75. The van der Waals surface area contributed by atoms with Gasteiger partial charge in [0.1, 0.15) is 27.6 Å². The third-order valence-electron chi connectivity index (χ3n) is 4.89. The van der Waals surface area contributed by atoms with Crippen LogP contribution < -0.4 is 0 Å². The molecule has 6 nitrogen and oxygen atoms in total. The van der Waals surface area contributed by atoms with Crippen molar-refractivity contribution in [2.45, 2.75) is 44.8 Å². The number of rotatable bonds is 1. The highest BCUT2D eigenvalue weighted by Gasteiger charge is 2.48. The number of nitrogens with zero attached hydrogens (tertiary/aromatic N) is 3. The van der Waals surface area contributed by atoms with Crippen molar-refractivity contribution in [2.24, 2.45) is 9.81 Å². The molecule has 0 saturated carbocycles. The van der Waals surface area contributed by atoms with E-state index in [2.05, 4.69) is 9.38 Å². The predicted molar refractivity (Wildman–Crippen MR) is 93.6 cm³/mol. The second-order valence-corrected chi connectivity index (χ2v) is 9.58. The monoisotopic (exact) mass is 367 g/mol. The van der Waals surface area contributed by atoms with Crippen molar-refractivity contribution >= 4 is 23.2 Å². The lowest BCUT2D eigenvalue weighted by Crippen LogP contribution is -2.45. The Balaban J connectivity index is 2.01. The summed E-state index contributed by atoms with van der Waals surface area (Å²) in [5.74, 6) is -0.451. The molecule has 0 aromatic carbocycles. The minimum Gasteiger partial charge on any atom is -0.591 e. The number of carboxylic acid groups (broad SMARTS) is 1. The number of piperidine rings is 1. The molecule has 2 aliphatic rings. The highest BCUT2D eigenvalue weighted by Crippen LogP contribution is 2.45. The summed E-state index contributed by atoms with van der Waals surface area (Å²) in [5.41, 5.74) is 1.56. The van der Waals surface area contributed by atoms with Crippen LogP contribution in [0.25, 0.3) is 0 Å². The van der Waals surface area contributed by atoms with Gasteiger partial charge in [0.05, 0.1) is 11.9 Å². The standard InChI is InChI=1S/C17H22FN3O3S/c1-16(2,3)25(24)20-14-12-8-11(18)10-19-13(12)9-17(14)4-6-21(7-5-17)15(22)23/h8,10H,4-7,9H2,1-3H3,(H,22,23)/b20-14+/t25-/m1/s1. The molecule has 2 heterocycles. The molecule has 0 radical (unpaired) electrons. The molecule has 8 heteroatoms. The van der Waals surface area contributed by atoms with E-state index in [9.17, 15) is 18.8 Å². The quantitative estimate of drug-likeness (QED) is 0.773. The maximum Gasteiger partial charge on any atom is 0.407 e. The summed E-state index contributed by atoms with van der Waals surface area (Å²) in [4.78, 5) is 16.8. The van der Waals surface area contributed by atoms with Crippen LogP contribution in [0.4, 0.5) is 9.18 Å². The molecule has 1 atom stereocenters. The lowest BCUT2D eigenvalue weighted by Gasteiger charge is -2.38. The number of halogens is 1. The van der Waals surface area contributed by atoms with Gasteiger partial charge in [0.25, 0.3) is 0 Å². The van der Waals surface area contributed by atoms with Crippen molar-refractivity contribution in [1.29, 1.82) is 0 Å². The van der Waals surface area contributed by atoms with E-state index >= 15 is 0 Å². The summed E-state index contributed by atoms with van der Waals surface area (Å²) in [5, 5.41) is 9.18. The van der Waals surface area contributed by atoms with Gasteiger partial charge in [-0.15, -0.1) is 0 Å². The van der Waals surface area contributed by atoms with E-state index in [4.69, 9.17) is 0 Å². The first-order chi connectivity index (χ1) is 11.6. The Bertz CT molecular complexity index is 724. The number of pyridine rings is 1. The summed E-state index contributed by atoms with van der Waals surface area (Å²) in [6, 6.07) is 1.40. The molecule has 0 unspecified atom stereocenters. The first kappa shape index (κ1) is 18.1. The van der Waals surface area contributed by atoms with Crippen LogP contribution in [-0.2, 0) is 17.8 Å². The minimum atomic E-state index is -1.48. The van der Waals surface area contributed by atoms with Gasteiger partial charge in [-0.2, -0.15) is 0 Å². The molecule has 3 rings (SSSR count). The van der Waals surface area contributed by atoms with Gasteiger partial charge < -0.3 is 14.6 Å². The Kier molecular flexibility index (Phi) is 4.53. The molecule has 1 aliphatic heterocycles. The zero-order valence-corrected chi connectivity index (χ0v) is 15.4. The first-order valence-electron chi connectivity index (χ1n) is 8.26. The molecule has 1 saturated heterocycles. The van der Waals surface area contributed by atoms with E-state index in [1.807, 2.05) is 20.8 Å². The van der Waals surface area contributed by atoms with E-state index in [-0.39, 0.29) is 0 Å². The Morgan fingerprint density at radius 2 is 2.08 bits per heavy atom. The topological polar surface area (TPSA) is 88.9 Å². The normalized spacial score (nSPS) is 22.3. The Labute approximate surface area is 149 Å². The van der Waals surface area contributed by atoms with Gasteiger partial charge in [0, 0.05) is 30.5 Å². The lowest BCUT2D eigenvalue weighted by molar-refractivity contribution is 0.114. The molecule has 1 amide bonds. The first-order valence-corrected chi connectivity index (χ1v) is 9.37. The largest absolute Gasteiger partial charge is 0.591 e. The van der Waals surface area contributed by atoms with Crippen molar-refractivity contribution in [3.8, 4) is 0 Å². The van der Waals surface area contributed by atoms with E-state index in [1.54, 1.807) is 0 Å². The number of fused-ring (bicyclic) bond motifs is 1. The number of aromatic nitrogens is 1. The fourth-order valence-electron chi connectivity index (χ4n) is 3.41. The van der Waals surface area contributed by atoms with Crippen LogP contribution in [0.2, 0.25) is 0 Å². The summed E-state index contributed by atoms with van der Waals surface area (Å²) < 4.78 is 30.3. The summed E-state index contributed by atoms with van der Waals surface area (Å²) in [7, 11) is 0. The summed E-state index contributed by atoms with van der Waals surface area (Å²) in [6.07, 6.45) is 1.96. The number of hydrogen-bond donors (Lipinski definition) is 1. The van der Waals surface area contributed by atoms with Gasteiger partial charge in [-0.3, -0.25) is 4.98 Å². The van der Waals surface area contributed by atoms with Gasteiger partial charge in [0.15, 0.2) is 0 Å². The molecule has 1 aliphatic carbocycles. The van der Waals surface area contributed by atoms with Crippen molar-refractivity contribution in [3.63, 3.8) is 0 Å². The average molecular weight is 367 g/mol. The van der Waals surface area contributed by atoms with Crippen molar-refractivity contribution < 1.29 is 18.8 Å². The Morgan fingerprint density at radius 3 is 2.64 bits per heavy atom. The van der Waals surface area contributed by atoms with Crippen molar-refractivity contribution in [3.05, 3.63) is 29.3 Å².